The normalized spacial score (nSPS) is 11.1. The van der Waals surface area contributed by atoms with Crippen LogP contribution in [0.2, 0.25) is 0 Å². The van der Waals surface area contributed by atoms with Gasteiger partial charge >= 0.3 is 0 Å². The second kappa shape index (κ2) is 11.8. The zero-order valence-electron chi connectivity index (χ0n) is 16.9. The van der Waals surface area contributed by atoms with Crippen LogP contribution in [0.25, 0.3) is 0 Å². The Kier molecular flexibility index (Phi) is 10.1. The quantitative estimate of drug-likeness (QED) is 0.356. The topological polar surface area (TPSA) is 58.5 Å². The Morgan fingerprint density at radius 3 is 2.59 bits per heavy atom. The van der Waals surface area contributed by atoms with Gasteiger partial charge in [-0.15, -0.1) is 24.0 Å². The van der Waals surface area contributed by atoms with Crippen molar-refractivity contribution < 1.29 is 4.74 Å². The largest absolute Gasteiger partial charge is 0.491 e. The molecule has 27 heavy (non-hydrogen) atoms. The summed E-state index contributed by atoms with van der Waals surface area (Å²) in [6.07, 6.45) is 4.82. The van der Waals surface area contributed by atoms with E-state index in [0.717, 1.165) is 30.2 Å². The van der Waals surface area contributed by atoms with E-state index < -0.39 is 0 Å². The maximum atomic E-state index is 5.94. The molecule has 2 N–H and O–H groups in total. The lowest BCUT2D eigenvalue weighted by Gasteiger charge is -2.17. The van der Waals surface area contributed by atoms with Gasteiger partial charge in [0, 0.05) is 38.1 Å². The lowest BCUT2D eigenvalue weighted by Crippen LogP contribution is -2.38. The summed E-state index contributed by atoms with van der Waals surface area (Å²) < 4.78 is 5.94. The fraction of sp³-hybridized carbons (Fsp3) is 0.429. The van der Waals surface area contributed by atoms with Gasteiger partial charge in [-0.25, -0.2) is 0 Å². The van der Waals surface area contributed by atoms with Crippen LogP contribution in [-0.2, 0) is 13.0 Å². The molecule has 0 radical (unpaired) electrons. The van der Waals surface area contributed by atoms with Gasteiger partial charge in [-0.3, -0.25) is 9.98 Å². The van der Waals surface area contributed by atoms with Gasteiger partial charge in [0.25, 0.3) is 0 Å². The molecular formula is C21H31IN4O. The van der Waals surface area contributed by atoms with Crippen LogP contribution in [0.4, 0.5) is 0 Å². The molecule has 5 nitrogen and oxygen atoms in total. The first kappa shape index (κ1) is 23.2. The van der Waals surface area contributed by atoms with Crippen LogP contribution in [-0.4, -0.2) is 30.6 Å². The Morgan fingerprint density at radius 1 is 1.15 bits per heavy atom. The van der Waals surface area contributed by atoms with E-state index >= 15 is 0 Å². The molecule has 0 saturated carbocycles. The summed E-state index contributed by atoms with van der Waals surface area (Å²) in [6, 6.07) is 8.36. The van der Waals surface area contributed by atoms with Crippen molar-refractivity contribution in [2.24, 2.45) is 4.99 Å². The molecule has 1 aromatic heterocycles. The number of halogens is 1. The molecule has 6 heteroatoms. The first-order chi connectivity index (χ1) is 12.5. The average molecular weight is 482 g/mol. The maximum absolute atomic E-state index is 5.94. The molecule has 0 aliphatic heterocycles. The molecule has 2 aromatic rings. The molecule has 1 aromatic carbocycles. The molecule has 0 aliphatic rings. The minimum atomic E-state index is 0. The van der Waals surface area contributed by atoms with E-state index in [1.54, 1.807) is 7.05 Å². The molecule has 0 bridgehead atoms. The highest BCUT2D eigenvalue weighted by Crippen LogP contribution is 2.21. The lowest BCUT2D eigenvalue weighted by atomic mass is 10.1. The highest BCUT2D eigenvalue weighted by atomic mass is 127. The molecule has 0 unspecified atom stereocenters. The fourth-order valence-electron chi connectivity index (χ4n) is 2.67. The third-order valence-electron chi connectivity index (χ3n) is 4.08. The third kappa shape index (κ3) is 7.74. The van der Waals surface area contributed by atoms with Crippen molar-refractivity contribution >= 4 is 29.9 Å². The SMILES string of the molecule is CN=C(NCCc1ccncc1C)NCc1ccc(C)cc1OC(C)C.I. The van der Waals surface area contributed by atoms with Gasteiger partial charge in [0.15, 0.2) is 5.96 Å². The van der Waals surface area contributed by atoms with Crippen LogP contribution in [0.15, 0.2) is 41.7 Å². The van der Waals surface area contributed by atoms with Gasteiger partial charge in [-0.1, -0.05) is 12.1 Å². The summed E-state index contributed by atoms with van der Waals surface area (Å²) in [5, 5.41) is 6.73. The van der Waals surface area contributed by atoms with E-state index in [2.05, 4.69) is 58.7 Å². The van der Waals surface area contributed by atoms with Crippen LogP contribution in [0.3, 0.4) is 0 Å². The van der Waals surface area contributed by atoms with Gasteiger partial charge in [-0.05, 0) is 62.9 Å². The smallest absolute Gasteiger partial charge is 0.191 e. The predicted octanol–water partition coefficient (Wildman–Crippen LogP) is 4.01. The first-order valence-electron chi connectivity index (χ1n) is 9.09. The van der Waals surface area contributed by atoms with Gasteiger partial charge < -0.3 is 15.4 Å². The fourth-order valence-corrected chi connectivity index (χ4v) is 2.67. The number of nitrogens with one attached hydrogen (secondary N) is 2. The summed E-state index contributed by atoms with van der Waals surface area (Å²) >= 11 is 0. The number of aliphatic imine (C=N–C) groups is 1. The molecule has 1 heterocycles. The van der Waals surface area contributed by atoms with Crippen molar-refractivity contribution in [3.05, 3.63) is 58.9 Å². The Balaban J connectivity index is 0.00000364. The molecular weight excluding hydrogens is 451 g/mol. The third-order valence-corrected chi connectivity index (χ3v) is 4.08. The van der Waals surface area contributed by atoms with E-state index in [1.807, 2.05) is 26.2 Å². The number of nitrogens with zero attached hydrogens (tertiary/aromatic N) is 2. The molecule has 0 saturated heterocycles. The lowest BCUT2D eigenvalue weighted by molar-refractivity contribution is 0.239. The summed E-state index contributed by atoms with van der Waals surface area (Å²) in [5.41, 5.74) is 4.83. The number of hydrogen-bond donors (Lipinski definition) is 2. The number of pyridine rings is 1. The Bertz CT molecular complexity index is 747. The van der Waals surface area contributed by atoms with E-state index in [-0.39, 0.29) is 30.1 Å². The van der Waals surface area contributed by atoms with Gasteiger partial charge in [0.2, 0.25) is 0 Å². The van der Waals surface area contributed by atoms with Crippen molar-refractivity contribution in [3.63, 3.8) is 0 Å². The van der Waals surface area contributed by atoms with E-state index in [4.69, 9.17) is 4.74 Å². The number of ether oxygens (including phenoxy) is 1. The van der Waals surface area contributed by atoms with E-state index in [0.29, 0.717) is 6.54 Å². The van der Waals surface area contributed by atoms with Gasteiger partial charge in [0.1, 0.15) is 5.75 Å². The van der Waals surface area contributed by atoms with Crippen molar-refractivity contribution in [1.82, 2.24) is 15.6 Å². The number of benzene rings is 1. The average Bonchev–Trinajstić information content (AvgIpc) is 2.60. The number of rotatable bonds is 7. The number of aromatic nitrogens is 1. The van der Waals surface area contributed by atoms with Crippen molar-refractivity contribution in [2.45, 2.75) is 46.8 Å². The maximum Gasteiger partial charge on any atom is 0.191 e. The number of aryl methyl sites for hydroxylation is 2. The second-order valence-electron chi connectivity index (χ2n) is 6.68. The number of guanidine groups is 1. The molecule has 0 fully saturated rings. The summed E-state index contributed by atoms with van der Waals surface area (Å²) in [7, 11) is 1.79. The van der Waals surface area contributed by atoms with Crippen LogP contribution < -0.4 is 15.4 Å². The minimum Gasteiger partial charge on any atom is -0.491 e. The molecule has 0 atom stereocenters. The second-order valence-corrected chi connectivity index (χ2v) is 6.68. The molecule has 0 spiro atoms. The van der Waals surface area contributed by atoms with E-state index in [9.17, 15) is 0 Å². The van der Waals surface area contributed by atoms with Crippen LogP contribution in [0, 0.1) is 13.8 Å². The predicted molar refractivity (Wildman–Crippen MR) is 123 cm³/mol. The van der Waals surface area contributed by atoms with Crippen LogP contribution in [0.5, 0.6) is 5.75 Å². The van der Waals surface area contributed by atoms with Crippen molar-refractivity contribution in [2.75, 3.05) is 13.6 Å². The minimum absolute atomic E-state index is 0. The van der Waals surface area contributed by atoms with Crippen molar-refractivity contribution in [3.8, 4) is 5.75 Å². The summed E-state index contributed by atoms with van der Waals surface area (Å²) in [5.74, 6) is 1.71. The van der Waals surface area contributed by atoms with Gasteiger partial charge in [0.05, 0.1) is 6.10 Å². The van der Waals surface area contributed by atoms with Crippen LogP contribution >= 0.6 is 24.0 Å². The van der Waals surface area contributed by atoms with E-state index in [1.165, 1.54) is 16.7 Å². The van der Waals surface area contributed by atoms with Crippen molar-refractivity contribution in [1.29, 1.82) is 0 Å². The molecule has 0 amide bonds. The molecule has 2 rings (SSSR count). The Labute approximate surface area is 180 Å². The Hall–Kier alpha value is -1.83. The monoisotopic (exact) mass is 482 g/mol. The number of hydrogen-bond acceptors (Lipinski definition) is 3. The molecule has 148 valence electrons. The van der Waals surface area contributed by atoms with Gasteiger partial charge in [-0.2, -0.15) is 0 Å². The zero-order chi connectivity index (χ0) is 18.9. The highest BCUT2D eigenvalue weighted by molar-refractivity contribution is 14.0. The molecule has 0 aliphatic carbocycles. The summed E-state index contributed by atoms with van der Waals surface area (Å²) in [6.45, 7) is 9.72. The van der Waals surface area contributed by atoms with Crippen LogP contribution in [0.1, 0.15) is 36.1 Å². The first-order valence-corrected chi connectivity index (χ1v) is 9.09. The highest BCUT2D eigenvalue weighted by Gasteiger charge is 2.07. The standard InChI is InChI=1S/C21H30N4O.HI/c1-15(2)26-20-12-16(3)6-7-19(20)14-25-21(22-5)24-11-9-18-8-10-23-13-17(18)4;/h6-8,10,12-13,15H,9,11,14H2,1-5H3,(H2,22,24,25);1H. The zero-order valence-corrected chi connectivity index (χ0v) is 19.2. The summed E-state index contributed by atoms with van der Waals surface area (Å²) in [4.78, 5) is 8.44. The Morgan fingerprint density at radius 2 is 1.93 bits per heavy atom.